The lowest BCUT2D eigenvalue weighted by Crippen LogP contribution is -2.35. The summed E-state index contributed by atoms with van der Waals surface area (Å²) in [5.74, 6) is 5.57. The first kappa shape index (κ1) is 16.8. The Morgan fingerprint density at radius 3 is 2.70 bits per heavy atom. The SMILES string of the molecule is CC(C)NS(=O)(=O)Nc1cc(C#CCCO)ccc1Cl. The molecule has 0 aliphatic carbocycles. The van der Waals surface area contributed by atoms with E-state index in [0.29, 0.717) is 12.0 Å². The molecule has 0 aliphatic heterocycles. The third-order valence-electron chi connectivity index (χ3n) is 2.07. The van der Waals surface area contributed by atoms with Crippen LogP contribution in [0, 0.1) is 11.8 Å². The van der Waals surface area contributed by atoms with Gasteiger partial charge in [0.05, 0.1) is 17.3 Å². The van der Waals surface area contributed by atoms with E-state index < -0.39 is 10.2 Å². The predicted octanol–water partition coefficient (Wildman–Crippen LogP) is 1.73. The lowest BCUT2D eigenvalue weighted by atomic mass is 10.2. The summed E-state index contributed by atoms with van der Waals surface area (Å²) in [7, 11) is -3.67. The van der Waals surface area contributed by atoms with Gasteiger partial charge in [0.25, 0.3) is 10.2 Å². The van der Waals surface area contributed by atoms with Crippen LogP contribution in [0.25, 0.3) is 0 Å². The zero-order valence-electron chi connectivity index (χ0n) is 11.3. The second kappa shape index (κ2) is 7.50. The Kier molecular flexibility index (Phi) is 6.30. The van der Waals surface area contributed by atoms with Crippen molar-refractivity contribution >= 4 is 27.5 Å². The molecule has 0 saturated carbocycles. The fourth-order valence-corrected chi connectivity index (χ4v) is 2.74. The van der Waals surface area contributed by atoms with Gasteiger partial charge in [0.2, 0.25) is 0 Å². The van der Waals surface area contributed by atoms with Gasteiger partial charge in [0.1, 0.15) is 0 Å². The number of aliphatic hydroxyl groups excluding tert-OH is 1. The molecule has 1 aromatic rings. The molecule has 0 heterocycles. The molecule has 20 heavy (non-hydrogen) atoms. The van der Waals surface area contributed by atoms with E-state index in [9.17, 15) is 8.42 Å². The molecule has 0 saturated heterocycles. The molecule has 110 valence electrons. The van der Waals surface area contributed by atoms with E-state index in [1.807, 2.05) is 0 Å². The van der Waals surface area contributed by atoms with Crippen molar-refractivity contribution in [1.29, 1.82) is 0 Å². The van der Waals surface area contributed by atoms with Gasteiger partial charge in [-0.2, -0.15) is 13.1 Å². The Morgan fingerprint density at radius 2 is 2.10 bits per heavy atom. The summed E-state index contributed by atoms with van der Waals surface area (Å²) in [6.45, 7) is 3.42. The minimum absolute atomic E-state index is 0.0155. The van der Waals surface area contributed by atoms with Crippen LogP contribution >= 0.6 is 11.6 Å². The van der Waals surface area contributed by atoms with Gasteiger partial charge in [-0.3, -0.25) is 4.72 Å². The van der Waals surface area contributed by atoms with E-state index in [1.165, 1.54) is 0 Å². The van der Waals surface area contributed by atoms with Crippen molar-refractivity contribution in [1.82, 2.24) is 4.72 Å². The molecule has 0 unspecified atom stereocenters. The molecule has 5 nitrogen and oxygen atoms in total. The van der Waals surface area contributed by atoms with Crippen LogP contribution in [0.3, 0.4) is 0 Å². The summed E-state index contributed by atoms with van der Waals surface area (Å²) in [5, 5.41) is 8.94. The highest BCUT2D eigenvalue weighted by Gasteiger charge is 2.13. The highest BCUT2D eigenvalue weighted by molar-refractivity contribution is 7.90. The fraction of sp³-hybridized carbons (Fsp3) is 0.385. The van der Waals surface area contributed by atoms with Gasteiger partial charge in [-0.05, 0) is 32.0 Å². The Hall–Kier alpha value is -1.26. The van der Waals surface area contributed by atoms with Crippen molar-refractivity contribution in [2.24, 2.45) is 0 Å². The smallest absolute Gasteiger partial charge is 0.299 e. The van der Waals surface area contributed by atoms with Crippen LogP contribution < -0.4 is 9.44 Å². The molecule has 1 aromatic carbocycles. The normalized spacial score (nSPS) is 11.1. The first-order valence-electron chi connectivity index (χ1n) is 6.03. The number of hydrogen-bond donors (Lipinski definition) is 3. The van der Waals surface area contributed by atoms with Gasteiger partial charge in [-0.1, -0.05) is 23.4 Å². The molecule has 0 spiro atoms. The molecular weight excluding hydrogens is 300 g/mol. The van der Waals surface area contributed by atoms with Crippen LogP contribution in [0.5, 0.6) is 0 Å². The number of anilines is 1. The van der Waals surface area contributed by atoms with E-state index in [4.69, 9.17) is 16.7 Å². The van der Waals surface area contributed by atoms with Gasteiger partial charge in [0.15, 0.2) is 0 Å². The van der Waals surface area contributed by atoms with E-state index in [0.717, 1.165) is 0 Å². The van der Waals surface area contributed by atoms with E-state index in [1.54, 1.807) is 32.0 Å². The topological polar surface area (TPSA) is 78.4 Å². The minimum Gasteiger partial charge on any atom is -0.395 e. The van der Waals surface area contributed by atoms with Crippen molar-refractivity contribution in [3.8, 4) is 11.8 Å². The van der Waals surface area contributed by atoms with Gasteiger partial charge in [-0.15, -0.1) is 0 Å². The summed E-state index contributed by atoms with van der Waals surface area (Å²) in [5.41, 5.74) is 0.876. The minimum atomic E-state index is -3.67. The summed E-state index contributed by atoms with van der Waals surface area (Å²) < 4.78 is 28.3. The number of nitrogens with one attached hydrogen (secondary N) is 2. The van der Waals surface area contributed by atoms with E-state index in [-0.39, 0.29) is 23.4 Å². The van der Waals surface area contributed by atoms with Gasteiger partial charge in [0, 0.05) is 18.0 Å². The molecule has 0 amide bonds. The van der Waals surface area contributed by atoms with Crippen LogP contribution in [0.2, 0.25) is 5.02 Å². The number of hydrogen-bond acceptors (Lipinski definition) is 3. The Labute approximate surface area is 124 Å². The summed E-state index contributed by atoms with van der Waals surface area (Å²) in [4.78, 5) is 0. The molecule has 0 aliphatic rings. The second-order valence-corrected chi connectivity index (χ2v) is 6.20. The van der Waals surface area contributed by atoms with Crippen LogP contribution in [0.15, 0.2) is 18.2 Å². The van der Waals surface area contributed by atoms with Gasteiger partial charge in [-0.25, -0.2) is 0 Å². The molecule has 1 rings (SSSR count). The molecule has 0 bridgehead atoms. The molecule has 0 fully saturated rings. The molecule has 3 N–H and O–H groups in total. The van der Waals surface area contributed by atoms with Crippen LogP contribution in [-0.4, -0.2) is 26.2 Å². The fourth-order valence-electron chi connectivity index (χ4n) is 1.39. The van der Waals surface area contributed by atoms with Gasteiger partial charge < -0.3 is 5.11 Å². The van der Waals surface area contributed by atoms with E-state index in [2.05, 4.69) is 21.3 Å². The molecule has 0 radical (unpaired) electrons. The number of rotatable bonds is 5. The first-order chi connectivity index (χ1) is 9.34. The standard InChI is InChI=1S/C13H17ClN2O3S/c1-10(2)15-20(18,19)16-13-9-11(5-3-4-8-17)6-7-12(13)14/h6-7,9-10,15-17H,4,8H2,1-2H3. The van der Waals surface area contributed by atoms with E-state index >= 15 is 0 Å². The van der Waals surface area contributed by atoms with Crippen molar-refractivity contribution in [3.63, 3.8) is 0 Å². The number of aliphatic hydroxyl groups is 1. The Bertz CT molecular complexity index is 618. The third kappa shape index (κ3) is 5.80. The number of benzene rings is 1. The van der Waals surface area contributed by atoms with Crippen molar-refractivity contribution in [2.75, 3.05) is 11.3 Å². The predicted molar refractivity (Wildman–Crippen MR) is 80.8 cm³/mol. The first-order valence-corrected chi connectivity index (χ1v) is 7.89. The highest BCUT2D eigenvalue weighted by atomic mass is 35.5. The van der Waals surface area contributed by atoms with Crippen molar-refractivity contribution in [3.05, 3.63) is 28.8 Å². The maximum Gasteiger partial charge on any atom is 0.299 e. The second-order valence-electron chi connectivity index (χ2n) is 4.35. The molecule has 7 heteroatoms. The monoisotopic (exact) mass is 316 g/mol. The quantitative estimate of drug-likeness (QED) is 0.724. The zero-order chi connectivity index (χ0) is 15.2. The lowest BCUT2D eigenvalue weighted by molar-refractivity contribution is 0.305. The molecule has 0 aromatic heterocycles. The molecular formula is C13H17ClN2O3S. The Morgan fingerprint density at radius 1 is 1.40 bits per heavy atom. The summed E-state index contributed by atoms with van der Waals surface area (Å²) in [6, 6.07) is 4.57. The Balaban J connectivity index is 2.96. The average Bonchev–Trinajstić information content (AvgIpc) is 2.31. The van der Waals surface area contributed by atoms with Crippen LogP contribution in [-0.2, 0) is 10.2 Å². The maximum atomic E-state index is 11.8. The largest absolute Gasteiger partial charge is 0.395 e. The van der Waals surface area contributed by atoms with Crippen molar-refractivity contribution < 1.29 is 13.5 Å². The summed E-state index contributed by atoms with van der Waals surface area (Å²) >= 11 is 5.96. The maximum absolute atomic E-state index is 11.8. The zero-order valence-corrected chi connectivity index (χ0v) is 12.8. The summed E-state index contributed by atoms with van der Waals surface area (Å²) in [6.07, 6.45) is 0.360. The third-order valence-corrected chi connectivity index (χ3v) is 3.67. The number of halogens is 1. The highest BCUT2D eigenvalue weighted by Crippen LogP contribution is 2.23. The molecule has 0 atom stereocenters. The van der Waals surface area contributed by atoms with Crippen LogP contribution in [0.1, 0.15) is 25.8 Å². The van der Waals surface area contributed by atoms with Crippen molar-refractivity contribution in [2.45, 2.75) is 26.3 Å². The average molecular weight is 317 g/mol. The van der Waals surface area contributed by atoms with Gasteiger partial charge >= 0.3 is 0 Å². The lowest BCUT2D eigenvalue weighted by Gasteiger charge is -2.12. The van der Waals surface area contributed by atoms with Crippen LogP contribution in [0.4, 0.5) is 5.69 Å².